The summed E-state index contributed by atoms with van der Waals surface area (Å²) in [7, 11) is 0.621. The Morgan fingerprint density at radius 1 is 1.08 bits per heavy atom. The first kappa shape index (κ1) is 18.0. The molecule has 0 N–H and O–H groups in total. The summed E-state index contributed by atoms with van der Waals surface area (Å²) < 4.78 is 3.90. The molecule has 1 rings (SSSR count). The van der Waals surface area contributed by atoms with Crippen LogP contribution in [0.15, 0.2) is 9.74 Å². The Hall–Kier alpha value is -4.06. The highest BCUT2D eigenvalue weighted by Crippen LogP contribution is 2.24. The average molecular weight is 351 g/mol. The van der Waals surface area contributed by atoms with E-state index in [0.29, 0.717) is 7.05 Å². The number of nitro groups is 4. The molecule has 0 saturated carbocycles. The van der Waals surface area contributed by atoms with Gasteiger partial charge in [-0.1, -0.05) is 0 Å². The van der Waals surface area contributed by atoms with Gasteiger partial charge in [0.15, 0.2) is 20.0 Å². The van der Waals surface area contributed by atoms with Crippen molar-refractivity contribution in [2.75, 3.05) is 13.6 Å². The quantitative estimate of drug-likeness (QED) is 0.177. The number of hydrogen-bond donors (Lipinski definition) is 0. The van der Waals surface area contributed by atoms with E-state index >= 15 is 0 Å². The van der Waals surface area contributed by atoms with Crippen LogP contribution in [0.5, 0.6) is 0 Å². The van der Waals surface area contributed by atoms with Crippen LogP contribution >= 0.6 is 0 Å². The van der Waals surface area contributed by atoms with E-state index in [9.17, 15) is 45.7 Å². The lowest BCUT2D eigenvalue weighted by atomic mass is 10.3. The topological polar surface area (TPSA) is 253 Å². The van der Waals surface area contributed by atoms with Crippen LogP contribution < -0.4 is 0 Å². The maximum Gasteiger partial charge on any atom is 0.705 e. The summed E-state index contributed by atoms with van der Waals surface area (Å²) >= 11 is 0. The molecule has 0 aromatic carbocycles. The van der Waals surface area contributed by atoms with E-state index in [1.807, 2.05) is 0 Å². The van der Waals surface area contributed by atoms with Gasteiger partial charge in [-0.25, -0.2) is 10.1 Å². The van der Waals surface area contributed by atoms with Gasteiger partial charge in [-0.15, -0.1) is 9.64 Å². The zero-order chi connectivity index (χ0) is 18.7. The highest BCUT2D eigenvalue weighted by atomic mass is 16.7. The molecule has 0 spiro atoms. The summed E-state index contributed by atoms with van der Waals surface area (Å²) in [4.78, 5) is 37.2. The van der Waals surface area contributed by atoms with Crippen molar-refractivity contribution in [1.29, 1.82) is 0 Å². The third kappa shape index (κ3) is 3.07. The number of hydrazine groups is 1. The molecule has 0 bridgehead atoms. The zero-order valence-corrected chi connectivity index (χ0v) is 11.3. The maximum atomic E-state index is 11.8. The van der Waals surface area contributed by atoms with E-state index in [1.165, 1.54) is 0 Å². The fourth-order valence-corrected chi connectivity index (χ4v) is 1.27. The molecular weight excluding hydrogens is 346 g/mol. The first-order chi connectivity index (χ1) is 11.0. The first-order valence-electron chi connectivity index (χ1n) is 5.34. The van der Waals surface area contributed by atoms with Crippen molar-refractivity contribution < 1.29 is 29.3 Å². The molecule has 1 heterocycles. The molecule has 0 aliphatic rings. The summed E-state index contributed by atoms with van der Waals surface area (Å²) in [5, 5.41) is 61.8. The Bertz CT molecular complexity index is 710. The predicted octanol–water partition coefficient (Wildman–Crippen LogP) is -1.10. The van der Waals surface area contributed by atoms with E-state index in [1.54, 1.807) is 0 Å². The van der Waals surface area contributed by atoms with Gasteiger partial charge in [-0.2, -0.15) is 0 Å². The van der Waals surface area contributed by atoms with Gasteiger partial charge in [0.25, 0.3) is 6.54 Å². The highest BCUT2D eigenvalue weighted by molar-refractivity contribution is 5.41. The fraction of sp³-hybridized carbons (Fsp3) is 0.600. The second-order valence-electron chi connectivity index (χ2n) is 3.88. The Labute approximate surface area is 127 Å². The minimum atomic E-state index is -3.88. The Kier molecular flexibility index (Phi) is 4.77. The molecule has 0 aliphatic carbocycles. The van der Waals surface area contributed by atoms with Crippen molar-refractivity contribution in [3.05, 3.63) is 45.7 Å². The van der Waals surface area contributed by atoms with E-state index < -0.39 is 48.6 Å². The van der Waals surface area contributed by atoms with Gasteiger partial charge < -0.3 is 15.3 Å². The number of hydroxylamine groups is 1. The summed E-state index contributed by atoms with van der Waals surface area (Å²) in [6, 6.07) is 0. The Morgan fingerprint density at radius 3 is 2.04 bits per heavy atom. The summed E-state index contributed by atoms with van der Waals surface area (Å²) in [6.07, 6.45) is 0. The molecule has 0 amide bonds. The molecule has 0 unspecified atom stereocenters. The molecular formula is C5H5N9O10. The van der Waals surface area contributed by atoms with Crippen LogP contribution in [-0.4, -0.2) is 59.4 Å². The first-order valence-corrected chi connectivity index (χ1v) is 5.34. The van der Waals surface area contributed by atoms with Gasteiger partial charge in [0.1, 0.15) is 0 Å². The minimum Gasteiger partial charge on any atom is -0.589 e. The molecule has 0 fully saturated rings. The third-order valence-electron chi connectivity index (χ3n) is 2.42. The monoisotopic (exact) mass is 351 g/mol. The van der Waals surface area contributed by atoms with Gasteiger partial charge >= 0.3 is 17.4 Å². The SMILES string of the molecule is CN(CC([N+](=O)[O-])([N+](=O)[O-])[N+]([O-])=Nc1nonc1[N+](=O)[O-])[N+](=O)[O-]. The lowest BCUT2D eigenvalue weighted by molar-refractivity contribution is -0.983. The van der Waals surface area contributed by atoms with Crippen molar-refractivity contribution in [3.8, 4) is 0 Å². The molecule has 1 aromatic heterocycles. The standard InChI is InChI=1S/C5H5N9O10/c1-9(14(22)23)2-5(12(18)19,13(20)21)11(17)6-3-4(10(15)16)8-24-7-3/h2H2,1H3. The lowest BCUT2D eigenvalue weighted by Gasteiger charge is -2.14. The molecule has 24 heavy (non-hydrogen) atoms. The van der Waals surface area contributed by atoms with Gasteiger partial charge in [-0.05, 0) is 4.92 Å². The van der Waals surface area contributed by atoms with Crippen LogP contribution in [0.1, 0.15) is 0 Å². The van der Waals surface area contributed by atoms with Crippen molar-refractivity contribution in [3.63, 3.8) is 0 Å². The molecule has 19 nitrogen and oxygen atoms in total. The van der Waals surface area contributed by atoms with Crippen LogP contribution in [0.3, 0.4) is 0 Å². The molecule has 1 aromatic rings. The van der Waals surface area contributed by atoms with Crippen LogP contribution in [0.2, 0.25) is 0 Å². The maximum absolute atomic E-state index is 11.8. The van der Waals surface area contributed by atoms with Crippen molar-refractivity contribution in [2.45, 2.75) is 5.79 Å². The van der Waals surface area contributed by atoms with Crippen LogP contribution in [0, 0.1) is 45.7 Å². The molecule has 0 atom stereocenters. The smallest absolute Gasteiger partial charge is 0.589 e. The number of hydrogen-bond acceptors (Lipinski definition) is 13. The van der Waals surface area contributed by atoms with Gasteiger partial charge in [0.2, 0.25) is 0 Å². The summed E-state index contributed by atoms with van der Waals surface area (Å²) in [5.74, 6) is -6.33. The van der Waals surface area contributed by atoms with E-state index in [4.69, 9.17) is 0 Å². The van der Waals surface area contributed by atoms with Gasteiger partial charge in [-0.3, -0.25) is 20.2 Å². The number of azo groups is 1. The fourth-order valence-electron chi connectivity index (χ4n) is 1.27. The van der Waals surface area contributed by atoms with Gasteiger partial charge in [0.05, 0.1) is 17.0 Å². The van der Waals surface area contributed by atoms with E-state index in [-0.39, 0.29) is 5.01 Å². The molecule has 19 heteroatoms. The molecule has 130 valence electrons. The normalized spacial score (nSPS) is 11.8. The largest absolute Gasteiger partial charge is 0.705 e. The van der Waals surface area contributed by atoms with Crippen molar-refractivity contribution >= 4 is 11.6 Å². The van der Waals surface area contributed by atoms with Crippen LogP contribution in [0.4, 0.5) is 11.6 Å². The Morgan fingerprint density at radius 2 is 1.62 bits per heavy atom. The van der Waals surface area contributed by atoms with E-state index in [2.05, 4.69) is 20.1 Å². The summed E-state index contributed by atoms with van der Waals surface area (Å²) in [5.41, 5.74) is 0. The van der Waals surface area contributed by atoms with Crippen LogP contribution in [-0.2, 0) is 0 Å². The lowest BCUT2D eigenvalue weighted by Crippen LogP contribution is -2.60. The minimum absolute atomic E-state index is 0.110. The summed E-state index contributed by atoms with van der Waals surface area (Å²) in [6.45, 7) is -1.65. The number of aromatic nitrogens is 2. The molecule has 0 radical (unpaired) electrons. The van der Waals surface area contributed by atoms with Crippen LogP contribution in [0.25, 0.3) is 0 Å². The predicted molar refractivity (Wildman–Crippen MR) is 63.0 cm³/mol. The number of nitrogens with zero attached hydrogens (tertiary/aromatic N) is 9. The van der Waals surface area contributed by atoms with Crippen molar-refractivity contribution in [2.24, 2.45) is 5.11 Å². The van der Waals surface area contributed by atoms with Crippen molar-refractivity contribution in [1.82, 2.24) is 15.3 Å². The molecule has 0 saturated heterocycles. The second-order valence-corrected chi connectivity index (χ2v) is 3.88. The second kappa shape index (κ2) is 6.37. The Balaban J connectivity index is 3.47. The third-order valence-corrected chi connectivity index (χ3v) is 2.42. The average Bonchev–Trinajstić information content (AvgIpc) is 2.91. The van der Waals surface area contributed by atoms with Gasteiger partial charge in [0, 0.05) is 5.16 Å². The van der Waals surface area contributed by atoms with E-state index in [0.717, 1.165) is 0 Å². The highest BCUT2D eigenvalue weighted by Gasteiger charge is 2.71. The molecule has 0 aliphatic heterocycles. The zero-order valence-electron chi connectivity index (χ0n) is 11.3. The number of rotatable bonds is 8. The number of likely N-dealkylation sites (N-methyl/N-ethyl adjacent to an activating group) is 1.